The molecule has 3 aromatic heterocycles. The van der Waals surface area contributed by atoms with E-state index in [0.29, 0.717) is 5.82 Å². The van der Waals surface area contributed by atoms with Crippen LogP contribution in [0, 0.1) is 0 Å². The van der Waals surface area contributed by atoms with Crippen molar-refractivity contribution in [3.05, 3.63) is 231 Å². The first kappa shape index (κ1) is 35.6. The number of fused-ring (bicyclic) bond motifs is 6. The van der Waals surface area contributed by atoms with Gasteiger partial charge in [0, 0.05) is 60.7 Å². The van der Waals surface area contributed by atoms with Crippen molar-refractivity contribution in [3.8, 4) is 67.5 Å². The predicted octanol–water partition coefficient (Wildman–Crippen LogP) is 15.0. The van der Waals surface area contributed by atoms with Crippen LogP contribution < -0.4 is 0 Å². The molecule has 12 aromatic rings. The molecule has 0 unspecified atom stereocenters. The highest BCUT2D eigenvalue weighted by atomic mass is 15.0. The SMILES string of the molecule is c1ccc(-c2cc(-c3ccccc3)nc(-c3ccc(-c4cccc5c6cccc(-c7ccc(-n8c9ccccc9c9ccccc98)cc7)c6n(-c6ccccc6)c45)cc3)n2)cc1. The molecule has 0 aliphatic carbocycles. The third-order valence-electron chi connectivity index (χ3n) is 12.2. The molecule has 0 amide bonds. The van der Waals surface area contributed by atoms with Crippen LogP contribution in [0.4, 0.5) is 0 Å². The summed E-state index contributed by atoms with van der Waals surface area (Å²) in [4.78, 5) is 10.2. The largest absolute Gasteiger partial charge is 0.309 e. The second-order valence-electron chi connectivity index (χ2n) is 15.8. The van der Waals surface area contributed by atoms with Crippen LogP contribution in [-0.4, -0.2) is 19.1 Å². The van der Waals surface area contributed by atoms with Crippen LogP contribution in [-0.2, 0) is 0 Å². The monoisotopic (exact) mass is 790 g/mol. The molecule has 12 rings (SSSR count). The molecule has 0 fully saturated rings. The van der Waals surface area contributed by atoms with E-state index in [1.165, 1.54) is 54.7 Å². The van der Waals surface area contributed by atoms with Crippen LogP contribution in [0.25, 0.3) is 111 Å². The Morgan fingerprint density at radius 1 is 0.274 bits per heavy atom. The van der Waals surface area contributed by atoms with Gasteiger partial charge < -0.3 is 9.13 Å². The van der Waals surface area contributed by atoms with Crippen molar-refractivity contribution in [2.45, 2.75) is 0 Å². The standard InChI is InChI=1S/C58H38N4/c1-4-16-41(17-5-1)52-38-53(42-18-6-2-7-19-42)60-58(59-52)43-32-30-39(31-33-43)46-24-14-26-50-51-27-15-25-47(57(51)62(56(46)50)44-20-8-3-9-21-44)40-34-36-45(37-35-40)61-54-28-12-10-22-48(54)49-23-11-13-29-55(49)61/h1-38H. The Bertz CT molecular complexity index is 3480. The molecule has 290 valence electrons. The maximum atomic E-state index is 5.10. The summed E-state index contributed by atoms with van der Waals surface area (Å²) in [5, 5.41) is 4.95. The molecule has 0 N–H and O–H groups in total. The summed E-state index contributed by atoms with van der Waals surface area (Å²) >= 11 is 0. The maximum absolute atomic E-state index is 5.10. The lowest BCUT2D eigenvalue weighted by Gasteiger charge is -2.15. The van der Waals surface area contributed by atoms with Gasteiger partial charge in [-0.1, -0.05) is 188 Å². The fraction of sp³-hybridized carbons (Fsp3) is 0. The summed E-state index contributed by atoms with van der Waals surface area (Å²) < 4.78 is 4.84. The van der Waals surface area contributed by atoms with E-state index in [0.717, 1.165) is 50.6 Å². The van der Waals surface area contributed by atoms with Crippen LogP contribution in [0.3, 0.4) is 0 Å². The zero-order chi connectivity index (χ0) is 41.0. The molecule has 0 aliphatic rings. The first-order valence-corrected chi connectivity index (χ1v) is 21.1. The van der Waals surface area contributed by atoms with Gasteiger partial charge in [0.05, 0.1) is 33.5 Å². The number of hydrogen-bond acceptors (Lipinski definition) is 2. The third kappa shape index (κ3) is 5.92. The summed E-state index contributed by atoms with van der Waals surface area (Å²) in [6, 6.07) is 82.1. The average molecular weight is 791 g/mol. The fourth-order valence-electron chi connectivity index (χ4n) is 9.30. The molecule has 0 saturated heterocycles. The van der Waals surface area contributed by atoms with Gasteiger partial charge in [0.1, 0.15) is 0 Å². The molecule has 4 heteroatoms. The van der Waals surface area contributed by atoms with Gasteiger partial charge in [-0.05, 0) is 53.6 Å². The smallest absolute Gasteiger partial charge is 0.160 e. The molecule has 62 heavy (non-hydrogen) atoms. The Balaban J connectivity index is 0.998. The summed E-state index contributed by atoms with van der Waals surface area (Å²) in [6.07, 6.45) is 0. The van der Waals surface area contributed by atoms with Crippen molar-refractivity contribution >= 4 is 43.6 Å². The van der Waals surface area contributed by atoms with E-state index in [4.69, 9.17) is 9.97 Å². The topological polar surface area (TPSA) is 35.6 Å². The molecule has 0 radical (unpaired) electrons. The Morgan fingerprint density at radius 3 is 1.19 bits per heavy atom. The first-order valence-electron chi connectivity index (χ1n) is 21.1. The van der Waals surface area contributed by atoms with Crippen LogP contribution in [0.1, 0.15) is 0 Å². The zero-order valence-corrected chi connectivity index (χ0v) is 33.7. The molecule has 0 atom stereocenters. The molecule has 0 spiro atoms. The molecule has 3 heterocycles. The van der Waals surface area contributed by atoms with Crippen molar-refractivity contribution in [3.63, 3.8) is 0 Å². The molecule has 0 saturated carbocycles. The molecule has 0 aliphatic heterocycles. The molecule has 9 aromatic carbocycles. The van der Waals surface area contributed by atoms with Crippen molar-refractivity contribution in [2.24, 2.45) is 0 Å². The third-order valence-corrected chi connectivity index (χ3v) is 12.2. The van der Waals surface area contributed by atoms with Crippen LogP contribution >= 0.6 is 0 Å². The van der Waals surface area contributed by atoms with E-state index in [1.807, 2.05) is 12.1 Å². The van der Waals surface area contributed by atoms with E-state index in [2.05, 4.69) is 228 Å². The van der Waals surface area contributed by atoms with Gasteiger partial charge >= 0.3 is 0 Å². The molecule has 0 bridgehead atoms. The van der Waals surface area contributed by atoms with Crippen molar-refractivity contribution in [1.29, 1.82) is 0 Å². The Kier molecular flexibility index (Phi) is 8.46. The molecular weight excluding hydrogens is 753 g/mol. The summed E-state index contributed by atoms with van der Waals surface area (Å²) in [6.45, 7) is 0. The number of benzene rings is 9. The van der Waals surface area contributed by atoms with Crippen molar-refractivity contribution in [2.75, 3.05) is 0 Å². The highest BCUT2D eigenvalue weighted by Crippen LogP contribution is 2.43. The predicted molar refractivity (Wildman–Crippen MR) is 258 cm³/mol. The van der Waals surface area contributed by atoms with Gasteiger partial charge in [0.15, 0.2) is 5.82 Å². The highest BCUT2D eigenvalue weighted by Gasteiger charge is 2.20. The molecular formula is C58H38N4. The average Bonchev–Trinajstić information content (AvgIpc) is 3.88. The summed E-state index contributed by atoms with van der Waals surface area (Å²) in [5.74, 6) is 0.696. The molecule has 4 nitrogen and oxygen atoms in total. The van der Waals surface area contributed by atoms with Gasteiger partial charge in [0.25, 0.3) is 0 Å². The second kappa shape index (κ2) is 14.7. The van der Waals surface area contributed by atoms with E-state index < -0.39 is 0 Å². The number of rotatable bonds is 7. The Labute approximate surface area is 359 Å². The number of para-hydroxylation sites is 5. The number of hydrogen-bond donors (Lipinski definition) is 0. The minimum absolute atomic E-state index is 0.696. The Hall–Kier alpha value is -8.34. The number of nitrogens with zero attached hydrogens (tertiary/aromatic N) is 4. The summed E-state index contributed by atoms with van der Waals surface area (Å²) in [5.41, 5.74) is 16.5. The van der Waals surface area contributed by atoms with Crippen molar-refractivity contribution < 1.29 is 0 Å². The van der Waals surface area contributed by atoms with Crippen LogP contribution in [0.15, 0.2) is 231 Å². The fourth-order valence-corrected chi connectivity index (χ4v) is 9.30. The highest BCUT2D eigenvalue weighted by molar-refractivity contribution is 6.17. The van der Waals surface area contributed by atoms with Crippen molar-refractivity contribution in [1.82, 2.24) is 19.1 Å². The van der Waals surface area contributed by atoms with Gasteiger partial charge in [-0.2, -0.15) is 0 Å². The van der Waals surface area contributed by atoms with Crippen LogP contribution in [0.2, 0.25) is 0 Å². The van der Waals surface area contributed by atoms with Gasteiger partial charge in [0.2, 0.25) is 0 Å². The van der Waals surface area contributed by atoms with E-state index in [1.54, 1.807) is 0 Å². The van der Waals surface area contributed by atoms with E-state index >= 15 is 0 Å². The minimum Gasteiger partial charge on any atom is -0.309 e. The lowest BCUT2D eigenvalue weighted by molar-refractivity contribution is 1.17. The van der Waals surface area contributed by atoms with Gasteiger partial charge in [-0.3, -0.25) is 0 Å². The van der Waals surface area contributed by atoms with Gasteiger partial charge in [-0.25, -0.2) is 9.97 Å². The first-order chi connectivity index (χ1) is 30.8. The normalized spacial score (nSPS) is 11.5. The Morgan fingerprint density at radius 2 is 0.677 bits per heavy atom. The second-order valence-corrected chi connectivity index (χ2v) is 15.8. The minimum atomic E-state index is 0.696. The zero-order valence-electron chi connectivity index (χ0n) is 33.7. The lowest BCUT2D eigenvalue weighted by atomic mass is 9.99. The maximum Gasteiger partial charge on any atom is 0.160 e. The van der Waals surface area contributed by atoms with E-state index in [9.17, 15) is 0 Å². The van der Waals surface area contributed by atoms with Gasteiger partial charge in [-0.15, -0.1) is 0 Å². The summed E-state index contributed by atoms with van der Waals surface area (Å²) in [7, 11) is 0. The quantitative estimate of drug-likeness (QED) is 0.161. The number of aromatic nitrogens is 4. The van der Waals surface area contributed by atoms with Crippen LogP contribution in [0.5, 0.6) is 0 Å². The van der Waals surface area contributed by atoms with E-state index in [-0.39, 0.29) is 0 Å². The lowest BCUT2D eigenvalue weighted by Crippen LogP contribution is -1.97.